The number of ether oxygens (including phenoxy) is 2. The van der Waals surface area contributed by atoms with Crippen LogP contribution >= 0.6 is 12.2 Å². The smallest absolute Gasteiger partial charge is 0.308 e. The number of thiocarbonyl (C=S) groups is 1. The van der Waals surface area contributed by atoms with Gasteiger partial charge in [0.2, 0.25) is 0 Å². The highest BCUT2D eigenvalue weighted by Crippen LogP contribution is 2.20. The maximum absolute atomic E-state index is 11.5. The van der Waals surface area contributed by atoms with Gasteiger partial charge in [0.1, 0.15) is 5.75 Å². The number of hydrogen-bond acceptors (Lipinski definition) is 4. The minimum Gasteiger partial charge on any atom is -0.494 e. The summed E-state index contributed by atoms with van der Waals surface area (Å²) >= 11 is 5.44. The summed E-state index contributed by atoms with van der Waals surface area (Å²) in [6, 6.07) is 7.72. The van der Waals surface area contributed by atoms with Crippen molar-refractivity contribution in [1.29, 1.82) is 0 Å². The van der Waals surface area contributed by atoms with Crippen LogP contribution in [0.15, 0.2) is 24.3 Å². The van der Waals surface area contributed by atoms with Crippen molar-refractivity contribution >= 4 is 29.0 Å². The quantitative estimate of drug-likeness (QED) is 0.679. The maximum Gasteiger partial charge on any atom is 0.308 e. The molecule has 1 heterocycles. The summed E-state index contributed by atoms with van der Waals surface area (Å²) < 4.78 is 10.2. The fourth-order valence-electron chi connectivity index (χ4n) is 2.49. The van der Waals surface area contributed by atoms with E-state index in [0.717, 1.165) is 37.4 Å². The fraction of sp³-hybridized carbons (Fsp3) is 0.500. The Morgan fingerprint density at radius 1 is 1.32 bits per heavy atom. The van der Waals surface area contributed by atoms with E-state index < -0.39 is 0 Å². The van der Waals surface area contributed by atoms with Crippen LogP contribution in [-0.2, 0) is 9.53 Å². The van der Waals surface area contributed by atoms with Gasteiger partial charge in [0.25, 0.3) is 0 Å². The number of anilines is 1. The summed E-state index contributed by atoms with van der Waals surface area (Å²) in [7, 11) is 1.44. The van der Waals surface area contributed by atoms with Gasteiger partial charge in [0.15, 0.2) is 5.11 Å². The molecule has 5 nitrogen and oxygen atoms in total. The maximum atomic E-state index is 11.5. The topological polar surface area (TPSA) is 50.8 Å². The number of carbonyl (C=O) groups excluding carboxylic acids is 1. The summed E-state index contributed by atoms with van der Waals surface area (Å²) in [6.07, 6.45) is 1.55. The van der Waals surface area contributed by atoms with Crippen molar-refractivity contribution in [3.8, 4) is 5.75 Å². The van der Waals surface area contributed by atoms with Crippen molar-refractivity contribution < 1.29 is 14.3 Å². The SMILES string of the molecule is CCOc1ccc(NC(=S)N2CCC(C(=O)OC)CC2)cc1. The van der Waals surface area contributed by atoms with Crippen molar-refractivity contribution in [2.45, 2.75) is 19.8 Å². The summed E-state index contributed by atoms with van der Waals surface area (Å²) in [5.74, 6) is 0.720. The minimum atomic E-state index is -0.120. The molecule has 1 saturated heterocycles. The Labute approximate surface area is 136 Å². The van der Waals surface area contributed by atoms with E-state index in [1.54, 1.807) is 0 Å². The number of benzene rings is 1. The minimum absolute atomic E-state index is 0.00507. The summed E-state index contributed by atoms with van der Waals surface area (Å²) in [5, 5.41) is 3.91. The van der Waals surface area contributed by atoms with Crippen LogP contribution in [0.4, 0.5) is 5.69 Å². The highest BCUT2D eigenvalue weighted by atomic mass is 32.1. The van der Waals surface area contributed by atoms with Gasteiger partial charge in [-0.3, -0.25) is 4.79 Å². The van der Waals surface area contributed by atoms with E-state index in [4.69, 9.17) is 21.7 Å². The molecule has 2 rings (SSSR count). The van der Waals surface area contributed by atoms with Crippen molar-refractivity contribution in [3.05, 3.63) is 24.3 Å². The van der Waals surface area contributed by atoms with Crippen LogP contribution in [-0.4, -0.2) is 42.8 Å². The van der Waals surface area contributed by atoms with E-state index in [-0.39, 0.29) is 11.9 Å². The van der Waals surface area contributed by atoms with Gasteiger partial charge in [-0.25, -0.2) is 0 Å². The molecule has 0 radical (unpaired) electrons. The summed E-state index contributed by atoms with van der Waals surface area (Å²) in [5.41, 5.74) is 0.934. The predicted molar refractivity (Wildman–Crippen MR) is 90.1 cm³/mol. The van der Waals surface area contributed by atoms with E-state index in [1.807, 2.05) is 31.2 Å². The average Bonchev–Trinajstić information content (AvgIpc) is 2.56. The molecule has 1 aromatic rings. The zero-order valence-electron chi connectivity index (χ0n) is 13.0. The molecule has 1 fully saturated rings. The van der Waals surface area contributed by atoms with Gasteiger partial charge in [-0.15, -0.1) is 0 Å². The number of likely N-dealkylation sites (tertiary alicyclic amines) is 1. The second kappa shape index (κ2) is 7.98. The molecule has 120 valence electrons. The Morgan fingerprint density at radius 2 is 1.95 bits per heavy atom. The number of esters is 1. The molecule has 1 aliphatic heterocycles. The molecular formula is C16H22N2O3S. The molecule has 1 N–H and O–H groups in total. The first-order valence-electron chi connectivity index (χ1n) is 7.50. The number of piperidine rings is 1. The van der Waals surface area contributed by atoms with Crippen LogP contribution in [0.5, 0.6) is 5.75 Å². The molecule has 0 spiro atoms. The fourth-order valence-corrected chi connectivity index (χ4v) is 2.79. The molecule has 0 saturated carbocycles. The molecule has 1 aliphatic rings. The van der Waals surface area contributed by atoms with Gasteiger partial charge in [-0.2, -0.15) is 0 Å². The first kappa shape index (κ1) is 16.5. The van der Waals surface area contributed by atoms with E-state index in [9.17, 15) is 4.79 Å². The lowest BCUT2D eigenvalue weighted by Crippen LogP contribution is -2.42. The van der Waals surface area contributed by atoms with Gasteiger partial charge in [0.05, 0.1) is 19.6 Å². The second-order valence-electron chi connectivity index (χ2n) is 5.17. The van der Waals surface area contributed by atoms with E-state index >= 15 is 0 Å². The molecular weight excluding hydrogens is 300 g/mol. The van der Waals surface area contributed by atoms with Crippen LogP contribution in [0, 0.1) is 5.92 Å². The average molecular weight is 322 g/mol. The molecule has 0 amide bonds. The molecule has 0 aliphatic carbocycles. The highest BCUT2D eigenvalue weighted by molar-refractivity contribution is 7.80. The first-order valence-corrected chi connectivity index (χ1v) is 7.91. The third kappa shape index (κ3) is 4.34. The number of nitrogens with zero attached hydrogens (tertiary/aromatic N) is 1. The number of rotatable bonds is 4. The largest absolute Gasteiger partial charge is 0.494 e. The lowest BCUT2D eigenvalue weighted by molar-refractivity contribution is -0.146. The van der Waals surface area contributed by atoms with Crippen molar-refractivity contribution in [1.82, 2.24) is 4.90 Å². The van der Waals surface area contributed by atoms with Gasteiger partial charge in [-0.1, -0.05) is 0 Å². The van der Waals surface area contributed by atoms with Crippen LogP contribution in [0.1, 0.15) is 19.8 Å². The van der Waals surface area contributed by atoms with Crippen LogP contribution < -0.4 is 10.1 Å². The first-order chi connectivity index (χ1) is 10.6. The third-order valence-electron chi connectivity index (χ3n) is 3.73. The van der Waals surface area contributed by atoms with Crippen LogP contribution in [0.25, 0.3) is 0 Å². The van der Waals surface area contributed by atoms with E-state index in [1.165, 1.54) is 7.11 Å². The predicted octanol–water partition coefficient (Wildman–Crippen LogP) is 2.67. The van der Waals surface area contributed by atoms with Gasteiger partial charge < -0.3 is 19.7 Å². The molecule has 6 heteroatoms. The Hall–Kier alpha value is -1.82. The van der Waals surface area contributed by atoms with Crippen LogP contribution in [0.3, 0.4) is 0 Å². The lowest BCUT2D eigenvalue weighted by atomic mass is 9.97. The standard InChI is InChI=1S/C16H22N2O3S/c1-3-21-14-6-4-13(5-7-14)17-16(22)18-10-8-12(9-11-18)15(19)20-2/h4-7,12H,3,8-11H2,1-2H3,(H,17,22). The Kier molecular flexibility index (Phi) is 6.00. The molecule has 0 bridgehead atoms. The number of methoxy groups -OCH3 is 1. The van der Waals surface area contributed by atoms with Crippen molar-refractivity contribution in [3.63, 3.8) is 0 Å². The Morgan fingerprint density at radius 3 is 2.50 bits per heavy atom. The normalized spacial score (nSPS) is 15.3. The molecule has 22 heavy (non-hydrogen) atoms. The molecule has 0 atom stereocenters. The number of nitrogens with one attached hydrogen (secondary N) is 1. The van der Waals surface area contributed by atoms with E-state index in [2.05, 4.69) is 10.2 Å². The van der Waals surface area contributed by atoms with E-state index in [0.29, 0.717) is 11.7 Å². The van der Waals surface area contributed by atoms with Gasteiger partial charge >= 0.3 is 5.97 Å². The van der Waals surface area contributed by atoms with Crippen LogP contribution in [0.2, 0.25) is 0 Å². The van der Waals surface area contributed by atoms with Crippen molar-refractivity contribution in [2.24, 2.45) is 5.92 Å². The Balaban J connectivity index is 1.84. The monoisotopic (exact) mass is 322 g/mol. The van der Waals surface area contributed by atoms with Crippen molar-refractivity contribution in [2.75, 3.05) is 32.1 Å². The zero-order chi connectivity index (χ0) is 15.9. The lowest BCUT2D eigenvalue weighted by Gasteiger charge is -2.32. The second-order valence-corrected chi connectivity index (χ2v) is 5.56. The third-order valence-corrected chi connectivity index (χ3v) is 4.09. The number of carbonyl (C=O) groups is 1. The van der Waals surface area contributed by atoms with Gasteiger partial charge in [0, 0.05) is 18.8 Å². The molecule has 0 aromatic heterocycles. The molecule has 0 unspecified atom stereocenters. The Bertz CT molecular complexity index is 511. The summed E-state index contributed by atoms with van der Waals surface area (Å²) in [4.78, 5) is 13.6. The highest BCUT2D eigenvalue weighted by Gasteiger charge is 2.26. The summed E-state index contributed by atoms with van der Waals surface area (Å²) in [6.45, 7) is 4.14. The molecule has 1 aromatic carbocycles. The van der Waals surface area contributed by atoms with Gasteiger partial charge in [-0.05, 0) is 56.2 Å². The number of hydrogen-bond donors (Lipinski definition) is 1. The zero-order valence-corrected chi connectivity index (χ0v) is 13.8.